The lowest BCUT2D eigenvalue weighted by atomic mass is 10.2. The van der Waals surface area contributed by atoms with E-state index in [1.165, 1.54) is 18.2 Å². The Bertz CT molecular complexity index is 1090. The molecule has 6 nitrogen and oxygen atoms in total. The fourth-order valence-corrected chi connectivity index (χ4v) is 6.21. The van der Waals surface area contributed by atoms with Crippen LogP contribution in [0.1, 0.15) is 26.7 Å². The van der Waals surface area contributed by atoms with E-state index in [0.29, 0.717) is 12.1 Å². The van der Waals surface area contributed by atoms with Gasteiger partial charge in [-0.2, -0.15) is 4.31 Å². The van der Waals surface area contributed by atoms with Gasteiger partial charge in [0.2, 0.25) is 15.9 Å². The standard InChI is InChI=1S/C20H19BrCl2N2O4S/c1-3-12(2)25(30(28,29)18-10-14(22)6-9-16(18)23)17-11-19(26)24(20(17)27)15-7-4-13(21)5-8-15/h4-10,12,17H,3,11H2,1-2H3. The van der Waals surface area contributed by atoms with E-state index >= 15 is 0 Å². The normalized spacial score (nSPS) is 18.3. The summed E-state index contributed by atoms with van der Waals surface area (Å²) in [5.41, 5.74) is 0.387. The molecule has 0 N–H and O–H groups in total. The molecule has 0 aromatic heterocycles. The summed E-state index contributed by atoms with van der Waals surface area (Å²) < 4.78 is 28.9. The van der Waals surface area contributed by atoms with Crippen molar-refractivity contribution in [2.75, 3.05) is 4.90 Å². The van der Waals surface area contributed by atoms with E-state index in [9.17, 15) is 18.0 Å². The Morgan fingerprint density at radius 3 is 2.40 bits per heavy atom. The lowest BCUT2D eigenvalue weighted by Crippen LogP contribution is -2.49. The lowest BCUT2D eigenvalue weighted by molar-refractivity contribution is -0.122. The molecule has 0 saturated carbocycles. The van der Waals surface area contributed by atoms with Gasteiger partial charge in [-0.3, -0.25) is 9.59 Å². The summed E-state index contributed by atoms with van der Waals surface area (Å²) in [6, 6.07) is 9.07. The van der Waals surface area contributed by atoms with Crippen LogP contribution in [0.15, 0.2) is 51.8 Å². The van der Waals surface area contributed by atoms with Gasteiger partial charge in [-0.1, -0.05) is 46.1 Å². The molecule has 0 radical (unpaired) electrons. The van der Waals surface area contributed by atoms with Crippen LogP contribution in [0.25, 0.3) is 0 Å². The van der Waals surface area contributed by atoms with Gasteiger partial charge in [0.15, 0.2) is 0 Å². The average Bonchev–Trinajstić information content (AvgIpc) is 2.98. The topological polar surface area (TPSA) is 74.8 Å². The first-order valence-electron chi connectivity index (χ1n) is 9.19. The molecule has 2 aromatic rings. The number of hydrogen-bond acceptors (Lipinski definition) is 4. The van der Waals surface area contributed by atoms with E-state index in [-0.39, 0.29) is 21.4 Å². The summed E-state index contributed by atoms with van der Waals surface area (Å²) in [5, 5.41) is 0.196. The Morgan fingerprint density at radius 2 is 1.80 bits per heavy atom. The van der Waals surface area contributed by atoms with Crippen molar-refractivity contribution in [3.63, 3.8) is 0 Å². The molecular weight excluding hydrogens is 515 g/mol. The van der Waals surface area contributed by atoms with Gasteiger partial charge in [0, 0.05) is 15.5 Å². The highest BCUT2D eigenvalue weighted by Crippen LogP contribution is 2.34. The van der Waals surface area contributed by atoms with Crippen molar-refractivity contribution in [1.29, 1.82) is 0 Å². The largest absolute Gasteiger partial charge is 0.274 e. The van der Waals surface area contributed by atoms with Gasteiger partial charge in [0.1, 0.15) is 10.9 Å². The molecular formula is C20H19BrCl2N2O4S. The zero-order valence-corrected chi connectivity index (χ0v) is 20.1. The maximum absolute atomic E-state index is 13.5. The minimum Gasteiger partial charge on any atom is -0.274 e. The van der Waals surface area contributed by atoms with E-state index in [2.05, 4.69) is 15.9 Å². The molecule has 3 rings (SSSR count). The van der Waals surface area contributed by atoms with Gasteiger partial charge < -0.3 is 0 Å². The van der Waals surface area contributed by atoms with Crippen molar-refractivity contribution in [3.05, 3.63) is 57.0 Å². The summed E-state index contributed by atoms with van der Waals surface area (Å²) in [6.07, 6.45) is 0.185. The van der Waals surface area contributed by atoms with Crippen molar-refractivity contribution in [3.8, 4) is 0 Å². The molecule has 2 amide bonds. The van der Waals surface area contributed by atoms with E-state index in [4.69, 9.17) is 23.2 Å². The number of benzene rings is 2. The number of carbonyl (C=O) groups is 2. The summed E-state index contributed by atoms with van der Waals surface area (Å²) >= 11 is 15.5. The van der Waals surface area contributed by atoms with Gasteiger partial charge in [-0.15, -0.1) is 0 Å². The van der Waals surface area contributed by atoms with Gasteiger partial charge in [0.25, 0.3) is 5.91 Å². The van der Waals surface area contributed by atoms with Crippen LogP contribution in [0.5, 0.6) is 0 Å². The minimum absolute atomic E-state index is 0.00533. The Labute approximate surface area is 193 Å². The van der Waals surface area contributed by atoms with Crippen LogP contribution in [0.2, 0.25) is 10.0 Å². The fraction of sp³-hybridized carbons (Fsp3) is 0.300. The van der Waals surface area contributed by atoms with Crippen molar-refractivity contribution in [2.24, 2.45) is 0 Å². The van der Waals surface area contributed by atoms with Crippen LogP contribution in [-0.2, 0) is 19.6 Å². The van der Waals surface area contributed by atoms with E-state index < -0.39 is 33.9 Å². The molecule has 1 aliphatic rings. The van der Waals surface area contributed by atoms with Crippen LogP contribution < -0.4 is 4.90 Å². The number of anilines is 1. The molecule has 0 spiro atoms. The summed E-state index contributed by atoms with van der Waals surface area (Å²) in [6.45, 7) is 3.50. The Hall–Kier alpha value is -1.45. The zero-order chi connectivity index (χ0) is 22.2. The van der Waals surface area contributed by atoms with Crippen molar-refractivity contribution >= 4 is 66.7 Å². The van der Waals surface area contributed by atoms with Crippen molar-refractivity contribution < 1.29 is 18.0 Å². The Morgan fingerprint density at radius 1 is 1.17 bits per heavy atom. The molecule has 2 unspecified atom stereocenters. The summed E-state index contributed by atoms with van der Waals surface area (Å²) in [4.78, 5) is 26.8. The van der Waals surface area contributed by atoms with Gasteiger partial charge in [0.05, 0.1) is 17.1 Å². The third-order valence-electron chi connectivity index (χ3n) is 4.99. The number of amides is 2. The Balaban J connectivity index is 2.06. The molecule has 30 heavy (non-hydrogen) atoms. The lowest BCUT2D eigenvalue weighted by Gasteiger charge is -2.32. The van der Waals surface area contributed by atoms with Crippen LogP contribution in [0.4, 0.5) is 5.69 Å². The smallest absolute Gasteiger partial charge is 0.252 e. The number of nitrogens with zero attached hydrogens (tertiary/aromatic N) is 2. The molecule has 2 aromatic carbocycles. The quantitative estimate of drug-likeness (QED) is 0.496. The average molecular weight is 534 g/mol. The van der Waals surface area contributed by atoms with Crippen LogP contribution in [-0.4, -0.2) is 36.6 Å². The Kier molecular flexibility index (Phi) is 6.94. The molecule has 160 valence electrons. The molecule has 1 aliphatic heterocycles. The van der Waals surface area contributed by atoms with Gasteiger partial charge >= 0.3 is 0 Å². The predicted octanol–water partition coefficient (Wildman–Crippen LogP) is 4.88. The molecule has 0 bridgehead atoms. The second-order valence-corrected chi connectivity index (χ2v) is 10.5. The molecule has 1 saturated heterocycles. The number of hydrogen-bond donors (Lipinski definition) is 0. The third-order valence-corrected chi connectivity index (χ3v) is 8.26. The van der Waals surface area contributed by atoms with Crippen molar-refractivity contribution in [1.82, 2.24) is 4.31 Å². The SMILES string of the molecule is CCC(C)N(C1CC(=O)N(c2ccc(Br)cc2)C1=O)S(=O)(=O)c1cc(Cl)ccc1Cl. The second kappa shape index (κ2) is 8.96. The highest BCUT2D eigenvalue weighted by atomic mass is 79.9. The van der Waals surface area contributed by atoms with Crippen LogP contribution >= 0.6 is 39.1 Å². The first kappa shape index (κ1) is 23.2. The molecule has 1 fully saturated rings. The van der Waals surface area contributed by atoms with Crippen molar-refractivity contribution in [2.45, 2.75) is 43.7 Å². The minimum atomic E-state index is -4.21. The molecule has 2 atom stereocenters. The molecule has 0 aliphatic carbocycles. The number of carbonyl (C=O) groups excluding carboxylic acids is 2. The number of rotatable bonds is 6. The highest BCUT2D eigenvalue weighted by Gasteiger charge is 2.48. The monoisotopic (exact) mass is 532 g/mol. The fourth-order valence-electron chi connectivity index (χ4n) is 3.36. The first-order valence-corrected chi connectivity index (χ1v) is 12.2. The third kappa shape index (κ3) is 4.29. The molecule has 10 heteroatoms. The van der Waals surface area contributed by atoms with Gasteiger partial charge in [-0.25, -0.2) is 13.3 Å². The van der Waals surface area contributed by atoms with Crippen LogP contribution in [0, 0.1) is 0 Å². The van der Waals surface area contributed by atoms with Gasteiger partial charge in [-0.05, 0) is 55.8 Å². The van der Waals surface area contributed by atoms with Crippen LogP contribution in [0.3, 0.4) is 0 Å². The maximum Gasteiger partial charge on any atom is 0.252 e. The summed E-state index contributed by atoms with van der Waals surface area (Å²) in [5.74, 6) is -1.06. The molecule has 1 heterocycles. The van der Waals surface area contributed by atoms with E-state index in [1.54, 1.807) is 38.1 Å². The van der Waals surface area contributed by atoms with E-state index in [1.807, 2.05) is 0 Å². The maximum atomic E-state index is 13.5. The zero-order valence-electron chi connectivity index (χ0n) is 16.2. The van der Waals surface area contributed by atoms with E-state index in [0.717, 1.165) is 13.7 Å². The number of imide groups is 1. The summed E-state index contributed by atoms with van der Waals surface area (Å²) in [7, 11) is -4.21. The number of sulfonamides is 1. The predicted molar refractivity (Wildman–Crippen MR) is 120 cm³/mol. The number of halogens is 3. The second-order valence-electron chi connectivity index (χ2n) is 6.93. The highest BCUT2D eigenvalue weighted by molar-refractivity contribution is 9.10. The first-order chi connectivity index (χ1) is 14.1.